The number of aromatic amines is 2. The lowest BCUT2D eigenvalue weighted by Gasteiger charge is -2.17. The number of rotatable bonds is 5. The summed E-state index contributed by atoms with van der Waals surface area (Å²) in [5.74, 6) is 0.367. The fourth-order valence-corrected chi connectivity index (χ4v) is 3.63. The predicted molar refractivity (Wildman–Crippen MR) is 106 cm³/mol. The van der Waals surface area contributed by atoms with E-state index in [9.17, 15) is 13.2 Å². The molecule has 0 saturated heterocycles. The molecule has 5 rings (SSSR count). The molecule has 0 unspecified atom stereocenters. The molecule has 30 heavy (non-hydrogen) atoms. The molecule has 3 heterocycles. The summed E-state index contributed by atoms with van der Waals surface area (Å²) in [5, 5.41) is 10.8. The van der Waals surface area contributed by atoms with Crippen molar-refractivity contribution in [2.45, 2.75) is 31.4 Å². The summed E-state index contributed by atoms with van der Waals surface area (Å²) in [6, 6.07) is 9.07. The Labute approximate surface area is 168 Å². The average molecular weight is 413 g/mol. The Kier molecular flexibility index (Phi) is 4.16. The molecule has 4 aromatic rings. The van der Waals surface area contributed by atoms with Crippen LogP contribution in [-0.4, -0.2) is 25.1 Å². The number of benzene rings is 1. The number of anilines is 3. The number of H-pyrrole nitrogens is 2. The SMILES string of the molecule is Nc1nc(Nc2cc(C3CC3)[nH]n2)c(Cc2cccc3[nH]ccc23)c(C(F)(F)F)n1. The van der Waals surface area contributed by atoms with Gasteiger partial charge in [-0.25, -0.2) is 4.98 Å². The molecule has 5 N–H and O–H groups in total. The molecule has 3 aromatic heterocycles. The number of nitrogens with zero attached hydrogens (tertiary/aromatic N) is 3. The van der Waals surface area contributed by atoms with Crippen LogP contribution in [0.3, 0.4) is 0 Å². The summed E-state index contributed by atoms with van der Waals surface area (Å²) < 4.78 is 41.5. The standard InChI is InChI=1S/C20H18F3N7/c21-20(22,23)17-13(8-11-2-1-3-14-12(11)6-7-25-14)18(28-19(24)27-17)26-16-9-15(29-30-16)10-4-5-10/h1-3,6-7,9-10,25H,4-5,8H2,(H4,24,26,27,28,29,30). The molecule has 0 amide bonds. The van der Waals surface area contributed by atoms with Gasteiger partial charge in [-0.1, -0.05) is 12.1 Å². The van der Waals surface area contributed by atoms with Crippen LogP contribution in [0.25, 0.3) is 10.9 Å². The zero-order valence-electron chi connectivity index (χ0n) is 15.7. The maximum Gasteiger partial charge on any atom is 0.433 e. The van der Waals surface area contributed by atoms with Crippen LogP contribution < -0.4 is 11.1 Å². The summed E-state index contributed by atoms with van der Waals surface area (Å²) in [5.41, 5.74) is 6.99. The van der Waals surface area contributed by atoms with Gasteiger partial charge in [0.1, 0.15) is 5.82 Å². The quantitative estimate of drug-likeness (QED) is 0.385. The van der Waals surface area contributed by atoms with E-state index in [4.69, 9.17) is 5.73 Å². The third-order valence-corrected chi connectivity index (χ3v) is 5.21. The topological polar surface area (TPSA) is 108 Å². The van der Waals surface area contributed by atoms with E-state index >= 15 is 0 Å². The maximum absolute atomic E-state index is 13.8. The van der Waals surface area contributed by atoms with Gasteiger partial charge in [-0.05, 0) is 30.5 Å². The molecule has 0 atom stereocenters. The number of fused-ring (bicyclic) bond motifs is 1. The van der Waals surface area contributed by atoms with Crippen molar-refractivity contribution in [1.29, 1.82) is 0 Å². The second-order valence-corrected chi connectivity index (χ2v) is 7.40. The van der Waals surface area contributed by atoms with Gasteiger partial charge in [-0.15, -0.1) is 0 Å². The minimum atomic E-state index is -4.68. The molecule has 1 aliphatic carbocycles. The predicted octanol–water partition coefficient (Wildman–Crippen LogP) is 4.49. The Hall–Kier alpha value is -3.56. The fourth-order valence-electron chi connectivity index (χ4n) is 3.63. The number of nitrogen functional groups attached to an aromatic ring is 1. The average Bonchev–Trinajstić information content (AvgIpc) is 3.23. The van der Waals surface area contributed by atoms with E-state index in [1.807, 2.05) is 12.1 Å². The van der Waals surface area contributed by atoms with Crippen molar-refractivity contribution in [3.05, 3.63) is 59.0 Å². The summed E-state index contributed by atoms with van der Waals surface area (Å²) >= 11 is 0. The molecule has 1 saturated carbocycles. The first-order valence-electron chi connectivity index (χ1n) is 9.49. The number of aromatic nitrogens is 5. The lowest BCUT2D eigenvalue weighted by molar-refractivity contribution is -0.141. The van der Waals surface area contributed by atoms with Crippen molar-refractivity contribution in [1.82, 2.24) is 25.1 Å². The highest BCUT2D eigenvalue weighted by Crippen LogP contribution is 2.40. The number of alkyl halides is 3. The summed E-state index contributed by atoms with van der Waals surface area (Å²) in [7, 11) is 0. The molecule has 0 radical (unpaired) electrons. The van der Waals surface area contributed by atoms with Gasteiger partial charge in [0.05, 0.1) is 0 Å². The number of hydrogen-bond donors (Lipinski definition) is 4. The zero-order valence-corrected chi connectivity index (χ0v) is 15.7. The highest BCUT2D eigenvalue weighted by Gasteiger charge is 2.38. The van der Waals surface area contributed by atoms with Crippen molar-refractivity contribution in [3.63, 3.8) is 0 Å². The fraction of sp³-hybridized carbons (Fsp3) is 0.250. The molecule has 0 spiro atoms. The Morgan fingerprint density at radius 3 is 2.77 bits per heavy atom. The third kappa shape index (κ3) is 3.44. The monoisotopic (exact) mass is 413 g/mol. The van der Waals surface area contributed by atoms with Gasteiger partial charge in [0.25, 0.3) is 0 Å². The third-order valence-electron chi connectivity index (χ3n) is 5.21. The molecule has 1 aliphatic rings. The molecule has 154 valence electrons. The highest BCUT2D eigenvalue weighted by atomic mass is 19.4. The first kappa shape index (κ1) is 18.5. The van der Waals surface area contributed by atoms with E-state index in [0.717, 1.165) is 35.0 Å². The molecule has 0 bridgehead atoms. The van der Waals surface area contributed by atoms with Gasteiger partial charge in [0.15, 0.2) is 11.5 Å². The molecule has 1 fully saturated rings. The van der Waals surface area contributed by atoms with Crippen molar-refractivity contribution in [2.75, 3.05) is 11.1 Å². The summed E-state index contributed by atoms with van der Waals surface area (Å²) in [6.07, 6.45) is -0.800. The number of halogens is 3. The molecular formula is C20H18F3N7. The minimum absolute atomic E-state index is 0.00351. The number of nitrogens with one attached hydrogen (secondary N) is 3. The van der Waals surface area contributed by atoms with E-state index in [1.54, 1.807) is 24.4 Å². The van der Waals surface area contributed by atoms with Crippen LogP contribution >= 0.6 is 0 Å². The van der Waals surface area contributed by atoms with E-state index < -0.39 is 17.8 Å². The van der Waals surface area contributed by atoms with Crippen LogP contribution in [0, 0.1) is 0 Å². The van der Waals surface area contributed by atoms with E-state index in [-0.39, 0.29) is 17.8 Å². The molecule has 7 nitrogen and oxygen atoms in total. The van der Waals surface area contributed by atoms with Crippen LogP contribution in [0.1, 0.15) is 41.3 Å². The molecule has 0 aliphatic heterocycles. The Bertz CT molecular complexity index is 1220. The van der Waals surface area contributed by atoms with E-state index in [1.165, 1.54) is 0 Å². The minimum Gasteiger partial charge on any atom is -0.368 e. The maximum atomic E-state index is 13.8. The highest BCUT2D eigenvalue weighted by molar-refractivity contribution is 5.83. The Morgan fingerprint density at radius 2 is 2.00 bits per heavy atom. The zero-order chi connectivity index (χ0) is 20.9. The van der Waals surface area contributed by atoms with Crippen LogP contribution in [0.15, 0.2) is 36.5 Å². The molecular weight excluding hydrogens is 395 g/mol. The van der Waals surface area contributed by atoms with Gasteiger partial charge < -0.3 is 16.0 Å². The van der Waals surface area contributed by atoms with Crippen LogP contribution in [-0.2, 0) is 12.6 Å². The Morgan fingerprint density at radius 1 is 1.17 bits per heavy atom. The lowest BCUT2D eigenvalue weighted by Crippen LogP contribution is -2.17. The van der Waals surface area contributed by atoms with E-state index in [0.29, 0.717) is 11.7 Å². The van der Waals surface area contributed by atoms with Gasteiger partial charge in [-0.2, -0.15) is 23.3 Å². The van der Waals surface area contributed by atoms with Crippen molar-refractivity contribution in [3.8, 4) is 0 Å². The van der Waals surface area contributed by atoms with E-state index in [2.05, 4.69) is 30.5 Å². The first-order valence-corrected chi connectivity index (χ1v) is 9.49. The Balaban J connectivity index is 1.59. The first-order chi connectivity index (χ1) is 14.4. The number of hydrogen-bond acceptors (Lipinski definition) is 5. The van der Waals surface area contributed by atoms with Crippen molar-refractivity contribution >= 4 is 28.5 Å². The van der Waals surface area contributed by atoms with Crippen molar-refractivity contribution in [2.24, 2.45) is 0 Å². The van der Waals surface area contributed by atoms with Crippen molar-refractivity contribution < 1.29 is 13.2 Å². The van der Waals surface area contributed by atoms with Gasteiger partial charge in [-0.3, -0.25) is 5.10 Å². The number of nitrogens with two attached hydrogens (primary N) is 1. The second-order valence-electron chi connectivity index (χ2n) is 7.40. The largest absolute Gasteiger partial charge is 0.433 e. The van der Waals surface area contributed by atoms with Crippen LogP contribution in [0.4, 0.5) is 30.8 Å². The summed E-state index contributed by atoms with van der Waals surface area (Å²) in [6.45, 7) is 0. The second kappa shape index (κ2) is 6.75. The van der Waals surface area contributed by atoms with Gasteiger partial charge >= 0.3 is 6.18 Å². The van der Waals surface area contributed by atoms with Gasteiger partial charge in [0, 0.05) is 46.8 Å². The normalized spacial score (nSPS) is 14.4. The molecule has 1 aromatic carbocycles. The van der Waals surface area contributed by atoms with Crippen LogP contribution in [0.2, 0.25) is 0 Å². The van der Waals surface area contributed by atoms with Crippen LogP contribution in [0.5, 0.6) is 0 Å². The lowest BCUT2D eigenvalue weighted by atomic mass is 10.00. The smallest absolute Gasteiger partial charge is 0.368 e. The summed E-state index contributed by atoms with van der Waals surface area (Å²) in [4.78, 5) is 10.7. The van der Waals surface area contributed by atoms with Gasteiger partial charge in [0.2, 0.25) is 5.95 Å². The molecule has 10 heteroatoms.